The SMILES string of the molecule is CC(C)(C)ON(C=O)CCOc1noc(-c2ccccc2)c1C(C)(C)C. The number of benzene rings is 1. The van der Waals surface area contributed by atoms with Gasteiger partial charge in [-0.1, -0.05) is 51.1 Å². The molecule has 0 radical (unpaired) electrons. The van der Waals surface area contributed by atoms with Crippen LogP contribution in [-0.2, 0) is 15.0 Å². The van der Waals surface area contributed by atoms with Gasteiger partial charge in [-0.2, -0.15) is 0 Å². The summed E-state index contributed by atoms with van der Waals surface area (Å²) in [5, 5.41) is 5.34. The summed E-state index contributed by atoms with van der Waals surface area (Å²) in [6.07, 6.45) is 0.650. The van der Waals surface area contributed by atoms with Crippen molar-refractivity contribution in [2.24, 2.45) is 0 Å². The number of carbonyl (C=O) groups is 1. The maximum atomic E-state index is 11.2. The average Bonchev–Trinajstić information content (AvgIpc) is 2.98. The monoisotopic (exact) mass is 360 g/mol. The summed E-state index contributed by atoms with van der Waals surface area (Å²) in [7, 11) is 0. The molecule has 2 aromatic rings. The fraction of sp³-hybridized carbons (Fsp3) is 0.500. The lowest BCUT2D eigenvalue weighted by molar-refractivity contribution is -0.217. The molecule has 0 spiro atoms. The van der Waals surface area contributed by atoms with E-state index in [0.29, 0.717) is 18.1 Å². The van der Waals surface area contributed by atoms with Crippen molar-refractivity contribution in [2.75, 3.05) is 13.2 Å². The minimum atomic E-state index is -0.453. The lowest BCUT2D eigenvalue weighted by atomic mass is 9.85. The largest absolute Gasteiger partial charge is 0.473 e. The first-order chi connectivity index (χ1) is 12.1. The zero-order chi connectivity index (χ0) is 19.4. The quantitative estimate of drug-likeness (QED) is 0.547. The summed E-state index contributed by atoms with van der Waals surface area (Å²) in [6.45, 7) is 12.4. The third-order valence-corrected chi connectivity index (χ3v) is 3.51. The van der Waals surface area contributed by atoms with Crippen LogP contribution in [0, 0.1) is 0 Å². The summed E-state index contributed by atoms with van der Waals surface area (Å²) < 4.78 is 11.4. The zero-order valence-electron chi connectivity index (χ0n) is 16.4. The maximum Gasteiger partial charge on any atom is 0.258 e. The van der Waals surface area contributed by atoms with Gasteiger partial charge in [-0.25, -0.2) is 5.06 Å². The van der Waals surface area contributed by atoms with Crippen molar-refractivity contribution in [1.29, 1.82) is 0 Å². The summed E-state index contributed by atoms with van der Waals surface area (Å²) in [5.74, 6) is 1.14. The molecule has 0 saturated heterocycles. The Bertz CT molecular complexity index is 712. The second-order valence-corrected chi connectivity index (χ2v) is 8.11. The molecule has 6 heteroatoms. The number of hydrogen-bond donors (Lipinski definition) is 0. The van der Waals surface area contributed by atoms with Crippen molar-refractivity contribution < 1.29 is 18.9 Å². The molecule has 0 bridgehead atoms. The number of nitrogens with zero attached hydrogens (tertiary/aromatic N) is 2. The first-order valence-corrected chi connectivity index (χ1v) is 8.71. The lowest BCUT2D eigenvalue weighted by Gasteiger charge is -2.26. The molecule has 1 aromatic carbocycles. The van der Waals surface area contributed by atoms with Crippen LogP contribution < -0.4 is 4.74 Å². The fourth-order valence-corrected chi connectivity index (χ4v) is 2.53. The third kappa shape index (κ3) is 5.33. The van der Waals surface area contributed by atoms with E-state index in [1.54, 1.807) is 0 Å². The number of hydroxylamine groups is 2. The summed E-state index contributed by atoms with van der Waals surface area (Å²) in [6, 6.07) is 9.82. The molecule has 0 aliphatic carbocycles. The Morgan fingerprint density at radius 1 is 1.12 bits per heavy atom. The summed E-state index contributed by atoms with van der Waals surface area (Å²) in [4.78, 5) is 16.7. The first-order valence-electron chi connectivity index (χ1n) is 8.71. The Morgan fingerprint density at radius 3 is 2.31 bits per heavy atom. The second kappa shape index (κ2) is 7.91. The van der Waals surface area contributed by atoms with Gasteiger partial charge in [0.05, 0.1) is 17.7 Å². The highest BCUT2D eigenvalue weighted by molar-refractivity contribution is 5.64. The summed E-state index contributed by atoms with van der Waals surface area (Å²) in [5.41, 5.74) is 1.18. The van der Waals surface area contributed by atoms with Crippen LogP contribution in [-0.4, -0.2) is 35.4 Å². The molecule has 0 N–H and O–H groups in total. The molecule has 0 fully saturated rings. The molecule has 0 aliphatic rings. The van der Waals surface area contributed by atoms with Gasteiger partial charge in [0.15, 0.2) is 5.76 Å². The maximum absolute atomic E-state index is 11.2. The van der Waals surface area contributed by atoms with Crippen molar-refractivity contribution >= 4 is 6.41 Å². The van der Waals surface area contributed by atoms with Crippen LogP contribution >= 0.6 is 0 Å². The lowest BCUT2D eigenvalue weighted by Crippen LogP contribution is -2.35. The summed E-state index contributed by atoms with van der Waals surface area (Å²) >= 11 is 0. The topological polar surface area (TPSA) is 64.8 Å². The number of rotatable bonds is 7. The Kier molecular flexibility index (Phi) is 6.08. The standard InChI is InChI=1S/C20H28N2O4/c1-19(2,3)16-17(15-10-8-7-9-11-15)25-21-18(16)24-13-12-22(14-23)26-20(4,5)6/h7-11,14H,12-13H2,1-6H3. The van der Waals surface area contributed by atoms with E-state index in [1.807, 2.05) is 51.1 Å². The molecule has 6 nitrogen and oxygen atoms in total. The smallest absolute Gasteiger partial charge is 0.258 e. The van der Waals surface area contributed by atoms with E-state index in [2.05, 4.69) is 25.9 Å². The molecule has 1 amide bonds. The van der Waals surface area contributed by atoms with E-state index in [-0.39, 0.29) is 18.6 Å². The molecule has 1 aromatic heterocycles. The van der Waals surface area contributed by atoms with Gasteiger partial charge in [0.25, 0.3) is 5.88 Å². The van der Waals surface area contributed by atoms with Crippen LogP contribution in [0.25, 0.3) is 11.3 Å². The van der Waals surface area contributed by atoms with E-state index in [9.17, 15) is 4.79 Å². The van der Waals surface area contributed by atoms with E-state index < -0.39 is 5.60 Å². The molecule has 0 saturated carbocycles. The average molecular weight is 360 g/mol. The van der Waals surface area contributed by atoms with E-state index >= 15 is 0 Å². The Labute approximate surface area is 155 Å². The van der Waals surface area contributed by atoms with E-state index in [1.165, 1.54) is 5.06 Å². The van der Waals surface area contributed by atoms with Crippen LogP contribution in [0.2, 0.25) is 0 Å². The fourth-order valence-electron chi connectivity index (χ4n) is 2.53. The van der Waals surface area contributed by atoms with Gasteiger partial charge in [-0.3, -0.25) is 9.63 Å². The highest BCUT2D eigenvalue weighted by atomic mass is 16.7. The Balaban J connectivity index is 2.15. The van der Waals surface area contributed by atoms with Crippen LogP contribution in [0.3, 0.4) is 0 Å². The zero-order valence-corrected chi connectivity index (χ0v) is 16.4. The third-order valence-electron chi connectivity index (χ3n) is 3.51. The van der Waals surface area contributed by atoms with Gasteiger partial charge in [-0.15, -0.1) is 0 Å². The molecule has 0 aliphatic heterocycles. The normalized spacial score (nSPS) is 12.1. The first kappa shape index (κ1) is 20.0. The highest BCUT2D eigenvalue weighted by Gasteiger charge is 2.29. The van der Waals surface area contributed by atoms with Crippen LogP contribution in [0.4, 0.5) is 0 Å². The Hall–Kier alpha value is -2.34. The number of carbonyl (C=O) groups excluding carboxylic acids is 1. The molecule has 0 atom stereocenters. The molecule has 142 valence electrons. The van der Waals surface area contributed by atoms with Crippen LogP contribution in [0.5, 0.6) is 5.88 Å². The molecular formula is C20H28N2O4. The minimum absolute atomic E-state index is 0.216. The van der Waals surface area contributed by atoms with Crippen molar-refractivity contribution in [3.8, 4) is 17.2 Å². The van der Waals surface area contributed by atoms with Crippen LogP contribution in [0.15, 0.2) is 34.9 Å². The van der Waals surface area contributed by atoms with Gasteiger partial charge < -0.3 is 9.26 Å². The number of aromatic nitrogens is 1. The molecule has 0 unspecified atom stereocenters. The number of amides is 1. The second-order valence-electron chi connectivity index (χ2n) is 8.11. The van der Waals surface area contributed by atoms with Gasteiger partial charge in [0.2, 0.25) is 6.41 Å². The van der Waals surface area contributed by atoms with Gasteiger partial charge in [0.1, 0.15) is 6.61 Å². The molecule has 26 heavy (non-hydrogen) atoms. The van der Waals surface area contributed by atoms with Crippen molar-refractivity contribution in [2.45, 2.75) is 52.6 Å². The van der Waals surface area contributed by atoms with E-state index in [4.69, 9.17) is 14.1 Å². The van der Waals surface area contributed by atoms with Gasteiger partial charge in [-0.05, 0) is 31.3 Å². The minimum Gasteiger partial charge on any atom is -0.473 e. The molecule has 1 heterocycles. The molecular weight excluding hydrogens is 332 g/mol. The van der Waals surface area contributed by atoms with Crippen molar-refractivity contribution in [3.05, 3.63) is 35.9 Å². The predicted molar refractivity (Wildman–Crippen MR) is 99.7 cm³/mol. The van der Waals surface area contributed by atoms with Crippen LogP contribution in [0.1, 0.15) is 47.1 Å². The highest BCUT2D eigenvalue weighted by Crippen LogP contribution is 2.39. The van der Waals surface area contributed by atoms with Gasteiger partial charge in [0, 0.05) is 5.56 Å². The van der Waals surface area contributed by atoms with Gasteiger partial charge >= 0.3 is 0 Å². The molecule has 2 rings (SSSR count). The predicted octanol–water partition coefficient (Wildman–Crippen LogP) is 4.21. The van der Waals surface area contributed by atoms with Crippen molar-refractivity contribution in [1.82, 2.24) is 10.2 Å². The number of ether oxygens (including phenoxy) is 1. The Morgan fingerprint density at radius 2 is 1.77 bits per heavy atom. The van der Waals surface area contributed by atoms with E-state index in [0.717, 1.165) is 11.1 Å². The number of hydrogen-bond acceptors (Lipinski definition) is 5. The van der Waals surface area contributed by atoms with Crippen molar-refractivity contribution in [3.63, 3.8) is 0 Å².